The van der Waals surface area contributed by atoms with Crippen molar-refractivity contribution in [2.75, 3.05) is 0 Å². The molecule has 92 valence electrons. The van der Waals surface area contributed by atoms with Crippen LogP contribution in [0, 0.1) is 0 Å². The average molecular weight is 246 g/mol. The zero-order valence-electron chi connectivity index (χ0n) is 8.84. The van der Waals surface area contributed by atoms with E-state index in [4.69, 9.17) is 10.5 Å². The van der Waals surface area contributed by atoms with Gasteiger partial charge in [-0.25, -0.2) is 0 Å². The van der Waals surface area contributed by atoms with Gasteiger partial charge in [0.2, 0.25) is 0 Å². The second-order valence-electron chi connectivity index (χ2n) is 3.91. The molecule has 17 heavy (non-hydrogen) atoms. The van der Waals surface area contributed by atoms with E-state index in [0.717, 1.165) is 13.0 Å². The zero-order chi connectivity index (χ0) is 12.8. The molecule has 1 unspecified atom stereocenters. The van der Waals surface area contributed by atoms with E-state index in [9.17, 15) is 18.0 Å². The van der Waals surface area contributed by atoms with Crippen molar-refractivity contribution < 1.29 is 22.7 Å². The summed E-state index contributed by atoms with van der Waals surface area (Å²) in [7, 11) is 0. The molecule has 1 amide bonds. The number of carbonyl (C=O) groups excluding carboxylic acids is 1. The highest BCUT2D eigenvalue weighted by Crippen LogP contribution is 2.47. The lowest BCUT2D eigenvalue weighted by atomic mass is 9.94. The average Bonchev–Trinajstić information content (AvgIpc) is 2.56. The number of ether oxygens (including phenoxy) is 1. The molecular formula is C10H9F3N2O2. The minimum absolute atomic E-state index is 0.103. The maximum atomic E-state index is 12.9. The second-order valence-corrected chi connectivity index (χ2v) is 3.91. The van der Waals surface area contributed by atoms with Crippen LogP contribution in [-0.2, 0) is 16.9 Å². The summed E-state index contributed by atoms with van der Waals surface area (Å²) in [5, 5.41) is 0. The molecule has 0 saturated carbocycles. The normalized spacial score (nSPS) is 23.5. The number of rotatable bonds is 1. The van der Waals surface area contributed by atoms with E-state index in [1.165, 1.54) is 6.20 Å². The molecule has 1 aromatic heterocycles. The first kappa shape index (κ1) is 11.8. The number of nitrogens with zero attached hydrogens (tertiary/aromatic N) is 1. The summed E-state index contributed by atoms with van der Waals surface area (Å²) < 4.78 is 43.5. The summed E-state index contributed by atoms with van der Waals surface area (Å²) in [5.74, 6) is -0.871. The first-order chi connectivity index (χ1) is 7.75. The van der Waals surface area contributed by atoms with Crippen molar-refractivity contribution in [3.8, 4) is 0 Å². The van der Waals surface area contributed by atoms with Crippen LogP contribution in [0.2, 0.25) is 0 Å². The molecule has 7 heteroatoms. The van der Waals surface area contributed by atoms with E-state index in [2.05, 4.69) is 4.98 Å². The first-order valence-electron chi connectivity index (χ1n) is 4.75. The number of carbonyl (C=O) groups is 1. The summed E-state index contributed by atoms with van der Waals surface area (Å²) in [5.41, 5.74) is 2.58. The van der Waals surface area contributed by atoms with Gasteiger partial charge in [0.05, 0.1) is 6.61 Å². The number of fused-ring (bicyclic) bond motifs is 1. The molecule has 0 aliphatic carbocycles. The van der Waals surface area contributed by atoms with Gasteiger partial charge in [-0.3, -0.25) is 9.78 Å². The standard InChI is InChI=1S/C10H9F3N2O2/c1-9(10(11,12)13)6-2-7(8(14)16)15-3-5(6)4-17-9/h2-3H,4H2,1H3,(H2,14,16). The van der Waals surface area contributed by atoms with Crippen LogP contribution in [0.15, 0.2) is 12.3 Å². The van der Waals surface area contributed by atoms with Gasteiger partial charge in [0.15, 0.2) is 5.60 Å². The van der Waals surface area contributed by atoms with Crippen LogP contribution >= 0.6 is 0 Å². The molecule has 0 radical (unpaired) electrons. The highest BCUT2D eigenvalue weighted by atomic mass is 19.4. The third kappa shape index (κ3) is 1.66. The van der Waals surface area contributed by atoms with Crippen molar-refractivity contribution in [2.24, 2.45) is 5.73 Å². The minimum Gasteiger partial charge on any atom is -0.364 e. The van der Waals surface area contributed by atoms with Crippen LogP contribution in [0.3, 0.4) is 0 Å². The SMILES string of the molecule is CC1(C(F)(F)F)OCc2cnc(C(N)=O)cc21. The minimum atomic E-state index is -4.56. The first-order valence-corrected chi connectivity index (χ1v) is 4.75. The molecule has 2 heterocycles. The van der Waals surface area contributed by atoms with Crippen molar-refractivity contribution in [3.05, 3.63) is 29.1 Å². The lowest BCUT2D eigenvalue weighted by Crippen LogP contribution is -2.39. The van der Waals surface area contributed by atoms with Crippen molar-refractivity contribution >= 4 is 5.91 Å². The van der Waals surface area contributed by atoms with Crippen molar-refractivity contribution in [1.29, 1.82) is 0 Å². The summed E-state index contributed by atoms with van der Waals surface area (Å²) >= 11 is 0. The van der Waals surface area contributed by atoms with Crippen LogP contribution in [-0.4, -0.2) is 17.1 Å². The fourth-order valence-electron chi connectivity index (χ4n) is 1.71. The third-order valence-corrected chi connectivity index (χ3v) is 2.81. The summed E-state index contributed by atoms with van der Waals surface area (Å²) in [6, 6.07) is 1.04. The fourth-order valence-corrected chi connectivity index (χ4v) is 1.71. The monoisotopic (exact) mass is 246 g/mol. The van der Waals surface area contributed by atoms with E-state index in [1.807, 2.05) is 0 Å². The Kier molecular flexibility index (Phi) is 2.39. The van der Waals surface area contributed by atoms with Crippen LogP contribution in [0.4, 0.5) is 13.2 Å². The van der Waals surface area contributed by atoms with E-state index in [1.54, 1.807) is 0 Å². The van der Waals surface area contributed by atoms with Gasteiger partial charge in [-0.1, -0.05) is 0 Å². The van der Waals surface area contributed by atoms with Gasteiger partial charge in [0.25, 0.3) is 5.91 Å². The van der Waals surface area contributed by atoms with Crippen LogP contribution < -0.4 is 5.73 Å². The number of amides is 1. The Morgan fingerprint density at radius 1 is 1.59 bits per heavy atom. The van der Waals surface area contributed by atoms with Crippen LogP contribution in [0.1, 0.15) is 28.5 Å². The van der Waals surface area contributed by atoms with E-state index < -0.39 is 17.7 Å². The van der Waals surface area contributed by atoms with Gasteiger partial charge in [0, 0.05) is 17.3 Å². The van der Waals surface area contributed by atoms with Gasteiger partial charge in [-0.15, -0.1) is 0 Å². The van der Waals surface area contributed by atoms with Crippen LogP contribution in [0.5, 0.6) is 0 Å². The van der Waals surface area contributed by atoms with E-state index in [-0.39, 0.29) is 17.9 Å². The number of pyridine rings is 1. The van der Waals surface area contributed by atoms with Crippen molar-refractivity contribution in [2.45, 2.75) is 25.3 Å². The van der Waals surface area contributed by atoms with Gasteiger partial charge >= 0.3 is 6.18 Å². The smallest absolute Gasteiger partial charge is 0.364 e. The number of aromatic nitrogens is 1. The zero-order valence-corrected chi connectivity index (χ0v) is 8.84. The largest absolute Gasteiger partial charge is 0.421 e. The van der Waals surface area contributed by atoms with Gasteiger partial charge in [-0.05, 0) is 13.0 Å². The second kappa shape index (κ2) is 3.43. The predicted octanol–water partition coefficient (Wildman–Crippen LogP) is 1.49. The Hall–Kier alpha value is -1.63. The number of alkyl halides is 3. The Balaban J connectivity index is 2.57. The molecule has 0 saturated heterocycles. The van der Waals surface area contributed by atoms with E-state index in [0.29, 0.717) is 5.56 Å². The molecule has 0 bridgehead atoms. The Morgan fingerprint density at radius 2 is 2.24 bits per heavy atom. The molecule has 0 spiro atoms. The molecular weight excluding hydrogens is 237 g/mol. The van der Waals surface area contributed by atoms with Gasteiger partial charge in [0.1, 0.15) is 5.69 Å². The van der Waals surface area contributed by atoms with Gasteiger partial charge < -0.3 is 10.5 Å². The highest BCUT2D eigenvalue weighted by Gasteiger charge is 2.57. The maximum absolute atomic E-state index is 12.9. The number of hydrogen-bond donors (Lipinski definition) is 1. The fraction of sp³-hybridized carbons (Fsp3) is 0.400. The molecule has 1 atom stereocenters. The van der Waals surface area contributed by atoms with Crippen molar-refractivity contribution in [1.82, 2.24) is 4.98 Å². The molecule has 2 N–H and O–H groups in total. The lowest BCUT2D eigenvalue weighted by Gasteiger charge is -2.27. The topological polar surface area (TPSA) is 65.2 Å². The third-order valence-electron chi connectivity index (χ3n) is 2.81. The Labute approximate surface area is 94.6 Å². The van der Waals surface area contributed by atoms with Gasteiger partial charge in [-0.2, -0.15) is 13.2 Å². The molecule has 1 aliphatic rings. The number of primary amides is 1. The molecule has 0 fully saturated rings. The predicted molar refractivity (Wildman–Crippen MR) is 51.0 cm³/mol. The highest BCUT2D eigenvalue weighted by molar-refractivity contribution is 5.91. The molecule has 1 aliphatic heterocycles. The molecule has 1 aromatic rings. The van der Waals surface area contributed by atoms with E-state index >= 15 is 0 Å². The number of hydrogen-bond acceptors (Lipinski definition) is 3. The Morgan fingerprint density at radius 3 is 2.76 bits per heavy atom. The summed E-state index contributed by atoms with van der Waals surface area (Å²) in [6.45, 7) is 0.737. The lowest BCUT2D eigenvalue weighted by molar-refractivity contribution is -0.272. The number of halogens is 3. The molecule has 4 nitrogen and oxygen atoms in total. The molecule has 2 rings (SSSR count). The maximum Gasteiger partial charge on any atom is 0.421 e. The van der Waals surface area contributed by atoms with Crippen LogP contribution in [0.25, 0.3) is 0 Å². The Bertz CT molecular complexity index is 487. The summed E-state index contributed by atoms with van der Waals surface area (Å²) in [4.78, 5) is 14.6. The number of nitrogens with two attached hydrogens (primary N) is 1. The molecule has 0 aromatic carbocycles. The van der Waals surface area contributed by atoms with Crippen molar-refractivity contribution in [3.63, 3.8) is 0 Å². The summed E-state index contributed by atoms with van der Waals surface area (Å²) in [6.07, 6.45) is -3.37. The quantitative estimate of drug-likeness (QED) is 0.816.